The van der Waals surface area contributed by atoms with E-state index in [0.717, 1.165) is 66.2 Å². The Hall–Kier alpha value is -1.99. The molecule has 4 heteroatoms. The minimum absolute atomic E-state index is 0.724. The molecular formula is C24H31O3P. The van der Waals surface area contributed by atoms with Gasteiger partial charge in [-0.15, -0.1) is 0 Å². The van der Waals surface area contributed by atoms with Crippen LogP contribution >= 0.6 is 7.37 Å². The summed E-state index contributed by atoms with van der Waals surface area (Å²) in [7, 11) is -1.55. The van der Waals surface area contributed by atoms with E-state index in [0.29, 0.717) is 0 Å². The number of hydrogen-bond acceptors (Lipinski definition) is 3. The number of hydrogen-bond donors (Lipinski definition) is 0. The average Bonchev–Trinajstić information content (AvgIpc) is 2.71. The lowest BCUT2D eigenvalue weighted by Crippen LogP contribution is -2.25. The van der Waals surface area contributed by atoms with Gasteiger partial charge in [-0.3, -0.25) is 4.57 Å². The molecule has 0 saturated carbocycles. The second-order valence-corrected chi connectivity index (χ2v) is 9.75. The molecule has 0 amide bonds. The number of ether oxygens (including phenoxy) is 1. The quantitative estimate of drug-likeness (QED) is 0.486. The Balaban J connectivity index is 2.16. The SMILES string of the molecule is CCCCC1=C(CCCC)c2cc(C)ccc2P(=O)(c2ccc(OC)cc2)O1. The minimum atomic E-state index is -3.19. The summed E-state index contributed by atoms with van der Waals surface area (Å²) in [6.07, 6.45) is 6.16. The fourth-order valence-electron chi connectivity index (χ4n) is 3.69. The summed E-state index contributed by atoms with van der Waals surface area (Å²) >= 11 is 0. The molecule has 1 heterocycles. The van der Waals surface area contributed by atoms with Crippen LogP contribution in [0.25, 0.3) is 5.57 Å². The van der Waals surface area contributed by atoms with Crippen molar-refractivity contribution in [3.63, 3.8) is 0 Å². The van der Waals surface area contributed by atoms with Gasteiger partial charge in [0.25, 0.3) is 0 Å². The Labute approximate surface area is 169 Å². The molecule has 0 saturated heterocycles. The number of unbranched alkanes of at least 4 members (excludes halogenated alkanes) is 2. The van der Waals surface area contributed by atoms with Crippen LogP contribution in [-0.4, -0.2) is 7.11 Å². The highest BCUT2D eigenvalue weighted by molar-refractivity contribution is 7.74. The Kier molecular flexibility index (Phi) is 6.67. The number of rotatable bonds is 8. The normalized spacial score (nSPS) is 18.6. The first-order chi connectivity index (χ1) is 13.5. The van der Waals surface area contributed by atoms with Gasteiger partial charge in [-0.2, -0.15) is 0 Å². The summed E-state index contributed by atoms with van der Waals surface area (Å²) < 4.78 is 25.9. The molecule has 0 bridgehead atoms. The highest BCUT2D eigenvalue weighted by Gasteiger charge is 2.38. The zero-order valence-electron chi connectivity index (χ0n) is 17.5. The van der Waals surface area contributed by atoms with Gasteiger partial charge in [0.15, 0.2) is 0 Å². The molecule has 0 spiro atoms. The predicted octanol–water partition coefficient (Wildman–Crippen LogP) is 6.35. The van der Waals surface area contributed by atoms with Crippen LogP contribution in [0.3, 0.4) is 0 Å². The van der Waals surface area contributed by atoms with Gasteiger partial charge >= 0.3 is 7.37 Å². The molecule has 2 aromatic rings. The largest absolute Gasteiger partial charge is 0.497 e. The van der Waals surface area contributed by atoms with Crippen molar-refractivity contribution in [3.8, 4) is 5.75 Å². The number of fused-ring (bicyclic) bond motifs is 1. The average molecular weight is 398 g/mol. The summed E-state index contributed by atoms with van der Waals surface area (Å²) in [4.78, 5) is 0. The lowest BCUT2D eigenvalue weighted by atomic mass is 9.95. The monoisotopic (exact) mass is 398 g/mol. The number of benzene rings is 2. The third-order valence-electron chi connectivity index (χ3n) is 5.32. The Morgan fingerprint density at radius 1 is 0.964 bits per heavy atom. The first-order valence-electron chi connectivity index (χ1n) is 10.3. The van der Waals surface area contributed by atoms with Crippen LogP contribution in [0, 0.1) is 6.92 Å². The highest BCUT2D eigenvalue weighted by Crippen LogP contribution is 2.54. The summed E-state index contributed by atoms with van der Waals surface area (Å²) in [5.74, 6) is 1.68. The summed E-state index contributed by atoms with van der Waals surface area (Å²) in [5.41, 5.74) is 3.55. The lowest BCUT2D eigenvalue weighted by molar-refractivity contribution is 0.396. The maximum absolute atomic E-state index is 14.3. The van der Waals surface area contributed by atoms with Gasteiger partial charge in [0.05, 0.1) is 17.7 Å². The van der Waals surface area contributed by atoms with Crippen molar-refractivity contribution >= 4 is 23.6 Å². The van der Waals surface area contributed by atoms with Crippen molar-refractivity contribution in [2.45, 2.75) is 59.3 Å². The number of methoxy groups -OCH3 is 1. The maximum atomic E-state index is 14.3. The summed E-state index contributed by atoms with van der Waals surface area (Å²) in [5, 5.41) is 1.55. The molecular weight excluding hydrogens is 367 g/mol. The number of allylic oxidation sites excluding steroid dienone is 2. The third-order valence-corrected chi connectivity index (χ3v) is 7.80. The van der Waals surface area contributed by atoms with E-state index in [1.54, 1.807) is 7.11 Å². The van der Waals surface area contributed by atoms with E-state index in [-0.39, 0.29) is 0 Å². The van der Waals surface area contributed by atoms with Crippen molar-refractivity contribution in [3.05, 3.63) is 59.4 Å². The summed E-state index contributed by atoms with van der Waals surface area (Å²) in [6, 6.07) is 13.7. The fourth-order valence-corrected chi connectivity index (χ4v) is 6.01. The Morgan fingerprint density at radius 2 is 1.64 bits per heavy atom. The molecule has 3 nitrogen and oxygen atoms in total. The van der Waals surface area contributed by atoms with Crippen LogP contribution in [0.2, 0.25) is 0 Å². The molecule has 0 aliphatic carbocycles. The van der Waals surface area contributed by atoms with E-state index >= 15 is 0 Å². The van der Waals surface area contributed by atoms with E-state index < -0.39 is 7.37 Å². The molecule has 0 aromatic heterocycles. The number of aryl methyl sites for hydroxylation is 1. The third kappa shape index (κ3) is 4.05. The molecule has 2 aromatic carbocycles. The minimum Gasteiger partial charge on any atom is -0.497 e. The maximum Gasteiger partial charge on any atom is 0.307 e. The smallest absolute Gasteiger partial charge is 0.307 e. The van der Waals surface area contributed by atoms with Crippen molar-refractivity contribution in [1.29, 1.82) is 0 Å². The molecule has 3 rings (SSSR count). The van der Waals surface area contributed by atoms with E-state index in [9.17, 15) is 4.57 Å². The van der Waals surface area contributed by atoms with Crippen molar-refractivity contribution in [2.75, 3.05) is 7.11 Å². The molecule has 150 valence electrons. The topological polar surface area (TPSA) is 35.5 Å². The van der Waals surface area contributed by atoms with Gasteiger partial charge in [0, 0.05) is 6.42 Å². The zero-order chi connectivity index (χ0) is 20.1. The van der Waals surface area contributed by atoms with Gasteiger partial charge < -0.3 is 9.26 Å². The van der Waals surface area contributed by atoms with Gasteiger partial charge in [0.1, 0.15) is 11.5 Å². The molecule has 0 N–H and O–H groups in total. The van der Waals surface area contributed by atoms with Gasteiger partial charge in [-0.1, -0.05) is 44.4 Å². The molecule has 1 atom stereocenters. The van der Waals surface area contributed by atoms with Crippen LogP contribution < -0.4 is 15.3 Å². The standard InChI is InChI=1S/C24H31O3P/c1-5-7-9-21-22-17-18(3)11-16-24(22)28(25,27-23(21)10-8-6-2)20-14-12-19(26-4)13-15-20/h11-17H,5-10H2,1-4H3. The van der Waals surface area contributed by atoms with Crippen LogP contribution in [0.5, 0.6) is 5.75 Å². The molecule has 1 aliphatic heterocycles. The van der Waals surface area contributed by atoms with E-state index in [1.165, 1.54) is 11.1 Å². The second-order valence-electron chi connectivity index (χ2n) is 7.47. The van der Waals surface area contributed by atoms with Gasteiger partial charge in [-0.05, 0) is 67.7 Å². The fraction of sp³-hybridized carbons (Fsp3) is 0.417. The summed E-state index contributed by atoms with van der Waals surface area (Å²) in [6.45, 7) is 6.48. The van der Waals surface area contributed by atoms with Crippen molar-refractivity contribution in [1.82, 2.24) is 0 Å². The van der Waals surface area contributed by atoms with E-state index in [2.05, 4.69) is 26.8 Å². The van der Waals surface area contributed by atoms with Crippen molar-refractivity contribution < 1.29 is 13.8 Å². The van der Waals surface area contributed by atoms with E-state index in [4.69, 9.17) is 9.26 Å². The van der Waals surface area contributed by atoms with Gasteiger partial charge in [-0.25, -0.2) is 0 Å². The highest BCUT2D eigenvalue weighted by atomic mass is 31.2. The molecule has 1 unspecified atom stereocenters. The predicted molar refractivity (Wildman–Crippen MR) is 118 cm³/mol. The first kappa shape index (κ1) is 20.7. The van der Waals surface area contributed by atoms with Crippen LogP contribution in [0.1, 0.15) is 63.5 Å². The molecule has 1 aliphatic rings. The van der Waals surface area contributed by atoms with Crippen LogP contribution in [0.4, 0.5) is 0 Å². The molecule has 0 fully saturated rings. The Morgan fingerprint density at radius 3 is 2.29 bits per heavy atom. The first-order valence-corrected chi connectivity index (χ1v) is 11.9. The van der Waals surface area contributed by atoms with Crippen LogP contribution in [-0.2, 0) is 9.09 Å². The zero-order valence-corrected chi connectivity index (χ0v) is 18.4. The molecule has 28 heavy (non-hydrogen) atoms. The van der Waals surface area contributed by atoms with Gasteiger partial charge in [0.2, 0.25) is 0 Å². The Bertz CT molecular complexity index is 897. The lowest BCUT2D eigenvalue weighted by Gasteiger charge is -2.31. The molecule has 0 radical (unpaired) electrons. The van der Waals surface area contributed by atoms with E-state index in [1.807, 2.05) is 36.4 Å². The van der Waals surface area contributed by atoms with Crippen LogP contribution in [0.15, 0.2) is 48.2 Å². The van der Waals surface area contributed by atoms with Crippen molar-refractivity contribution in [2.24, 2.45) is 0 Å². The second kappa shape index (κ2) is 9.01.